The lowest BCUT2D eigenvalue weighted by Crippen LogP contribution is -2.42. The van der Waals surface area contributed by atoms with Gasteiger partial charge in [-0.1, -0.05) is 0 Å². The molecule has 1 aromatic heterocycles. The Balaban J connectivity index is 0.000000322. The summed E-state index contributed by atoms with van der Waals surface area (Å²) in [5.74, 6) is 1.75. The first-order chi connectivity index (χ1) is 21.6. The fraction of sp³-hybridized carbons (Fsp3) is 0.657. The molecule has 0 atom stereocenters. The Morgan fingerprint density at radius 2 is 1.46 bits per heavy atom. The van der Waals surface area contributed by atoms with Crippen LogP contribution in [0.4, 0.5) is 9.59 Å². The van der Waals surface area contributed by atoms with Crippen molar-refractivity contribution in [3.05, 3.63) is 30.0 Å². The van der Waals surface area contributed by atoms with E-state index in [-0.39, 0.29) is 24.9 Å². The van der Waals surface area contributed by atoms with Crippen LogP contribution in [0.3, 0.4) is 0 Å². The van der Waals surface area contributed by atoms with E-state index in [0.717, 1.165) is 36.5 Å². The van der Waals surface area contributed by atoms with Gasteiger partial charge in [-0.2, -0.15) is 5.26 Å². The van der Waals surface area contributed by atoms with Gasteiger partial charge in [0.1, 0.15) is 23.0 Å². The van der Waals surface area contributed by atoms with Gasteiger partial charge < -0.3 is 33.9 Å². The van der Waals surface area contributed by atoms with Crippen LogP contribution in [0.2, 0.25) is 0 Å². The average Bonchev–Trinajstić information content (AvgIpc) is 2.98. The lowest BCUT2D eigenvalue weighted by atomic mass is 9.98. The van der Waals surface area contributed by atoms with Crippen molar-refractivity contribution in [2.24, 2.45) is 11.8 Å². The average molecular weight is 641 g/mol. The second-order valence-electron chi connectivity index (χ2n) is 14.3. The van der Waals surface area contributed by atoms with Crippen LogP contribution in [0, 0.1) is 23.2 Å². The molecule has 2 saturated heterocycles. The smallest absolute Gasteiger partial charge is 0.410 e. The molecule has 0 saturated carbocycles. The second kappa shape index (κ2) is 16.2. The van der Waals surface area contributed by atoms with Gasteiger partial charge >= 0.3 is 12.2 Å². The number of hydrogen-bond acceptors (Lipinski definition) is 9. The molecule has 4 rings (SSSR count). The SMILES string of the molecule is CC(C)(C)OC(=O)N1CCC(CO)CC1.CC(C)Oc1cc2c(OCC3CCN(C(=O)OC(C)(C)C)CC3)nccc2cc1C#N. The van der Waals surface area contributed by atoms with Gasteiger partial charge in [0.2, 0.25) is 5.88 Å². The summed E-state index contributed by atoms with van der Waals surface area (Å²) in [5.41, 5.74) is -0.418. The lowest BCUT2D eigenvalue weighted by molar-refractivity contribution is 0.0152. The first-order valence-corrected chi connectivity index (χ1v) is 16.3. The Hall–Kier alpha value is -3.78. The standard InChI is InChI=1S/C24H31N3O4.C11H21NO3/c1-16(2)30-21-13-20-18(12-19(21)14-25)6-9-26-22(20)29-15-17-7-10-27(11-8-17)23(28)31-24(3,4)5;1-11(2,3)15-10(14)12-6-4-9(8-13)5-7-12/h6,9,12-13,16-17H,7-8,10-11,15H2,1-5H3;9,13H,4-8H2,1-3H3. The van der Waals surface area contributed by atoms with Crippen LogP contribution in [0.1, 0.15) is 86.6 Å². The zero-order chi connectivity index (χ0) is 34.1. The molecule has 0 spiro atoms. The van der Waals surface area contributed by atoms with Crippen LogP contribution in [-0.2, 0) is 9.47 Å². The molecule has 3 heterocycles. The molecule has 1 aromatic carbocycles. The number of ether oxygens (including phenoxy) is 4. The summed E-state index contributed by atoms with van der Waals surface area (Å²) < 4.78 is 22.6. The molecule has 11 nitrogen and oxygen atoms in total. The first-order valence-electron chi connectivity index (χ1n) is 16.3. The summed E-state index contributed by atoms with van der Waals surface area (Å²) >= 11 is 0. The normalized spacial score (nSPS) is 16.4. The van der Waals surface area contributed by atoms with Gasteiger partial charge in [0, 0.05) is 44.4 Å². The summed E-state index contributed by atoms with van der Waals surface area (Å²) in [7, 11) is 0. The van der Waals surface area contributed by atoms with Crippen LogP contribution < -0.4 is 9.47 Å². The minimum Gasteiger partial charge on any atom is -0.490 e. The maximum Gasteiger partial charge on any atom is 0.410 e. The molecular formula is C35H52N4O7. The highest BCUT2D eigenvalue weighted by Gasteiger charge is 2.28. The molecule has 2 fully saturated rings. The quantitative estimate of drug-likeness (QED) is 0.373. The van der Waals surface area contributed by atoms with Crippen LogP contribution in [-0.4, -0.2) is 88.8 Å². The van der Waals surface area contributed by atoms with Gasteiger partial charge in [-0.15, -0.1) is 0 Å². The number of carbonyl (C=O) groups excluding carboxylic acids is 2. The predicted molar refractivity (Wildman–Crippen MR) is 176 cm³/mol. The summed E-state index contributed by atoms with van der Waals surface area (Å²) in [4.78, 5) is 31.8. The van der Waals surface area contributed by atoms with Crippen molar-refractivity contribution in [2.75, 3.05) is 39.4 Å². The van der Waals surface area contributed by atoms with Gasteiger partial charge in [0.25, 0.3) is 0 Å². The number of amides is 2. The van der Waals surface area contributed by atoms with Crippen LogP contribution >= 0.6 is 0 Å². The van der Waals surface area contributed by atoms with E-state index < -0.39 is 11.2 Å². The number of rotatable bonds is 6. The minimum absolute atomic E-state index is 0.0410. The topological polar surface area (TPSA) is 134 Å². The highest BCUT2D eigenvalue weighted by atomic mass is 16.6. The van der Waals surface area contributed by atoms with Crippen molar-refractivity contribution in [2.45, 2.75) is 98.4 Å². The molecule has 2 aliphatic rings. The van der Waals surface area contributed by atoms with Gasteiger partial charge in [0.05, 0.1) is 18.3 Å². The van der Waals surface area contributed by atoms with E-state index in [0.29, 0.717) is 61.8 Å². The maximum absolute atomic E-state index is 12.2. The zero-order valence-corrected chi connectivity index (χ0v) is 28.8. The molecule has 46 heavy (non-hydrogen) atoms. The molecular weight excluding hydrogens is 588 g/mol. The Kier molecular flexibility index (Phi) is 12.9. The summed E-state index contributed by atoms with van der Waals surface area (Å²) in [5, 5.41) is 20.1. The number of hydrogen-bond donors (Lipinski definition) is 1. The first kappa shape index (κ1) is 36.7. The number of fused-ring (bicyclic) bond motifs is 1. The number of aliphatic hydroxyl groups is 1. The number of aromatic nitrogens is 1. The summed E-state index contributed by atoms with van der Waals surface area (Å²) in [6.45, 7) is 18.5. The van der Waals surface area contributed by atoms with Crippen LogP contribution in [0.25, 0.3) is 10.8 Å². The molecule has 11 heteroatoms. The molecule has 2 aliphatic heterocycles. The van der Waals surface area contributed by atoms with Crippen molar-refractivity contribution < 1.29 is 33.6 Å². The van der Waals surface area contributed by atoms with Crippen molar-refractivity contribution in [1.29, 1.82) is 5.26 Å². The highest BCUT2D eigenvalue weighted by Crippen LogP contribution is 2.32. The third-order valence-corrected chi connectivity index (χ3v) is 7.56. The highest BCUT2D eigenvalue weighted by molar-refractivity contribution is 5.89. The van der Waals surface area contributed by atoms with Crippen molar-refractivity contribution >= 4 is 23.0 Å². The third-order valence-electron chi connectivity index (χ3n) is 7.56. The number of aliphatic hydroxyl groups excluding tert-OH is 1. The predicted octanol–water partition coefficient (Wildman–Crippen LogP) is 6.55. The number of likely N-dealkylation sites (tertiary alicyclic amines) is 2. The van der Waals surface area contributed by atoms with E-state index in [2.05, 4.69) is 11.1 Å². The minimum atomic E-state index is -0.485. The van der Waals surface area contributed by atoms with E-state index in [1.807, 2.05) is 67.5 Å². The van der Waals surface area contributed by atoms with Crippen molar-refractivity contribution in [3.8, 4) is 17.7 Å². The number of nitrogens with zero attached hydrogens (tertiary/aromatic N) is 4. The number of nitriles is 1. The van der Waals surface area contributed by atoms with E-state index in [1.165, 1.54) is 0 Å². The monoisotopic (exact) mass is 640 g/mol. The van der Waals surface area contributed by atoms with E-state index in [1.54, 1.807) is 22.1 Å². The molecule has 0 bridgehead atoms. The number of pyridine rings is 1. The number of carbonyl (C=O) groups is 2. The zero-order valence-electron chi connectivity index (χ0n) is 28.8. The van der Waals surface area contributed by atoms with Gasteiger partial charge in [0.15, 0.2) is 0 Å². The summed E-state index contributed by atoms with van der Waals surface area (Å²) in [6, 6.07) is 7.70. The Labute approximate surface area is 273 Å². The number of piperidine rings is 2. The lowest BCUT2D eigenvalue weighted by Gasteiger charge is -2.33. The van der Waals surface area contributed by atoms with E-state index >= 15 is 0 Å². The van der Waals surface area contributed by atoms with Crippen molar-refractivity contribution in [1.82, 2.24) is 14.8 Å². The summed E-state index contributed by atoms with van der Waals surface area (Å²) in [6.07, 6.45) is 4.60. The molecule has 2 aromatic rings. The Bertz CT molecular complexity index is 1340. The Morgan fingerprint density at radius 1 is 0.935 bits per heavy atom. The van der Waals surface area contributed by atoms with E-state index in [9.17, 15) is 14.9 Å². The van der Waals surface area contributed by atoms with Crippen LogP contribution in [0.5, 0.6) is 11.6 Å². The van der Waals surface area contributed by atoms with Crippen molar-refractivity contribution in [3.63, 3.8) is 0 Å². The fourth-order valence-electron chi connectivity index (χ4n) is 5.16. The maximum atomic E-state index is 12.2. The van der Waals surface area contributed by atoms with Gasteiger partial charge in [-0.25, -0.2) is 14.6 Å². The molecule has 0 radical (unpaired) electrons. The second-order valence-corrected chi connectivity index (χ2v) is 14.3. The molecule has 0 aliphatic carbocycles. The largest absolute Gasteiger partial charge is 0.490 e. The Morgan fingerprint density at radius 3 is 1.91 bits per heavy atom. The number of benzene rings is 1. The van der Waals surface area contributed by atoms with Gasteiger partial charge in [-0.05, 0) is 116 Å². The third kappa shape index (κ3) is 11.5. The van der Waals surface area contributed by atoms with Crippen LogP contribution in [0.15, 0.2) is 24.4 Å². The molecule has 0 unspecified atom stereocenters. The fourth-order valence-corrected chi connectivity index (χ4v) is 5.16. The molecule has 2 amide bonds. The molecule has 1 N–H and O–H groups in total. The van der Waals surface area contributed by atoms with Gasteiger partial charge in [-0.3, -0.25) is 0 Å². The van der Waals surface area contributed by atoms with E-state index in [4.69, 9.17) is 24.1 Å². The molecule has 254 valence electrons.